The molecule has 0 radical (unpaired) electrons. The average Bonchev–Trinajstić information content (AvgIpc) is 3.01. The van der Waals surface area contributed by atoms with Crippen LogP contribution in [0.1, 0.15) is 4.88 Å². The third-order valence-electron chi connectivity index (χ3n) is 2.41. The molecule has 0 aliphatic heterocycles. The molecule has 18 heavy (non-hydrogen) atoms. The molecule has 4 nitrogen and oxygen atoms in total. The van der Waals surface area contributed by atoms with Crippen LogP contribution in [0.25, 0.3) is 11.4 Å². The maximum Gasteiger partial charge on any atom is 0.204 e. The van der Waals surface area contributed by atoms with Crippen molar-refractivity contribution in [1.82, 2.24) is 20.2 Å². The Kier molecular flexibility index (Phi) is 3.21. The van der Waals surface area contributed by atoms with Gasteiger partial charge < -0.3 is 0 Å². The predicted molar refractivity (Wildman–Crippen MR) is 74.4 cm³/mol. The molecule has 0 saturated heterocycles. The fraction of sp³-hybridized carbons (Fsp3) is 0.0833. The Hall–Kier alpha value is -1.53. The molecule has 2 heterocycles. The number of nitrogens with zero attached hydrogens (tertiary/aromatic N) is 4. The van der Waals surface area contributed by atoms with Crippen molar-refractivity contribution in [2.75, 3.05) is 0 Å². The zero-order valence-electron chi connectivity index (χ0n) is 9.32. The van der Waals surface area contributed by atoms with Crippen molar-refractivity contribution < 1.29 is 0 Å². The minimum Gasteiger partial charge on any atom is -0.159 e. The lowest BCUT2D eigenvalue weighted by Crippen LogP contribution is -2.02. The van der Waals surface area contributed by atoms with Crippen LogP contribution in [-0.4, -0.2) is 20.2 Å². The van der Waals surface area contributed by atoms with E-state index in [1.54, 1.807) is 16.1 Å². The monoisotopic (exact) mass is 320 g/mol. The van der Waals surface area contributed by atoms with Crippen molar-refractivity contribution in [3.05, 3.63) is 51.1 Å². The van der Waals surface area contributed by atoms with Gasteiger partial charge in [-0.3, -0.25) is 0 Å². The standard InChI is InChI=1S/C12H9BrN4S/c13-11-7-6-10(18-11)8-17-15-12(14-16-17)9-4-2-1-3-5-9/h1-7H,8H2. The third-order valence-corrected chi connectivity index (χ3v) is 4.02. The molecule has 3 rings (SSSR count). The summed E-state index contributed by atoms with van der Waals surface area (Å²) < 4.78 is 1.11. The SMILES string of the molecule is Brc1ccc(Cn2nnc(-c3ccccc3)n2)s1. The fourth-order valence-corrected chi connectivity index (χ4v) is 3.05. The van der Waals surface area contributed by atoms with Crippen LogP contribution in [0.4, 0.5) is 0 Å². The minimum absolute atomic E-state index is 0.649. The Bertz CT molecular complexity index is 647. The van der Waals surface area contributed by atoms with E-state index in [9.17, 15) is 0 Å². The van der Waals surface area contributed by atoms with Gasteiger partial charge in [-0.2, -0.15) is 4.80 Å². The van der Waals surface area contributed by atoms with Crippen LogP contribution in [-0.2, 0) is 6.54 Å². The number of benzene rings is 1. The highest BCUT2D eigenvalue weighted by Crippen LogP contribution is 2.22. The molecule has 0 fully saturated rings. The zero-order valence-corrected chi connectivity index (χ0v) is 11.7. The Balaban J connectivity index is 1.82. The highest BCUT2D eigenvalue weighted by atomic mass is 79.9. The summed E-state index contributed by atoms with van der Waals surface area (Å²) in [6.45, 7) is 0.649. The first-order chi connectivity index (χ1) is 8.81. The molecule has 0 atom stereocenters. The summed E-state index contributed by atoms with van der Waals surface area (Å²) in [5.41, 5.74) is 0.983. The van der Waals surface area contributed by atoms with E-state index in [0.717, 1.165) is 9.35 Å². The summed E-state index contributed by atoms with van der Waals surface area (Å²) in [4.78, 5) is 2.81. The van der Waals surface area contributed by atoms with E-state index in [2.05, 4.69) is 37.4 Å². The van der Waals surface area contributed by atoms with Crippen LogP contribution < -0.4 is 0 Å². The number of hydrogen-bond donors (Lipinski definition) is 0. The Morgan fingerprint density at radius 3 is 2.67 bits per heavy atom. The number of hydrogen-bond acceptors (Lipinski definition) is 4. The minimum atomic E-state index is 0.649. The van der Waals surface area contributed by atoms with Crippen molar-refractivity contribution in [2.24, 2.45) is 0 Å². The molecular formula is C12H9BrN4S. The number of thiophene rings is 1. The van der Waals surface area contributed by atoms with Gasteiger partial charge in [0.05, 0.1) is 10.3 Å². The lowest BCUT2D eigenvalue weighted by Gasteiger charge is -1.94. The number of rotatable bonds is 3. The van der Waals surface area contributed by atoms with Crippen molar-refractivity contribution in [3.63, 3.8) is 0 Å². The maximum absolute atomic E-state index is 4.37. The first kappa shape index (κ1) is 11.6. The van der Waals surface area contributed by atoms with Gasteiger partial charge in [-0.25, -0.2) is 0 Å². The van der Waals surface area contributed by atoms with Gasteiger partial charge in [0.15, 0.2) is 0 Å². The van der Waals surface area contributed by atoms with Crippen LogP contribution in [0.2, 0.25) is 0 Å². The molecule has 0 aliphatic carbocycles. The second-order valence-electron chi connectivity index (χ2n) is 3.72. The van der Waals surface area contributed by atoms with Crippen molar-refractivity contribution >= 4 is 27.3 Å². The topological polar surface area (TPSA) is 43.6 Å². The van der Waals surface area contributed by atoms with E-state index >= 15 is 0 Å². The maximum atomic E-state index is 4.37. The van der Waals surface area contributed by atoms with E-state index in [1.807, 2.05) is 36.4 Å². The molecule has 0 unspecified atom stereocenters. The summed E-state index contributed by atoms with van der Waals surface area (Å²) in [5.74, 6) is 0.659. The second kappa shape index (κ2) is 4.99. The van der Waals surface area contributed by atoms with Crippen molar-refractivity contribution in [1.29, 1.82) is 0 Å². The molecule has 0 amide bonds. The van der Waals surface area contributed by atoms with Crippen molar-refractivity contribution in [2.45, 2.75) is 6.54 Å². The Morgan fingerprint density at radius 2 is 1.94 bits per heavy atom. The lowest BCUT2D eigenvalue weighted by atomic mass is 10.2. The van der Waals surface area contributed by atoms with E-state index < -0.39 is 0 Å². The Morgan fingerprint density at radius 1 is 1.11 bits per heavy atom. The molecule has 1 aromatic carbocycles. The number of tetrazole rings is 1. The number of aromatic nitrogens is 4. The van der Waals surface area contributed by atoms with E-state index in [-0.39, 0.29) is 0 Å². The summed E-state index contributed by atoms with van der Waals surface area (Å²) >= 11 is 5.12. The van der Waals surface area contributed by atoms with Crippen LogP contribution in [0.5, 0.6) is 0 Å². The summed E-state index contributed by atoms with van der Waals surface area (Å²) in [6, 6.07) is 13.9. The van der Waals surface area contributed by atoms with Gasteiger partial charge in [0.2, 0.25) is 5.82 Å². The van der Waals surface area contributed by atoms with Gasteiger partial charge in [0.25, 0.3) is 0 Å². The molecule has 0 bridgehead atoms. The summed E-state index contributed by atoms with van der Waals surface area (Å²) in [6.07, 6.45) is 0. The van der Waals surface area contributed by atoms with Crippen LogP contribution >= 0.6 is 27.3 Å². The van der Waals surface area contributed by atoms with Gasteiger partial charge in [0, 0.05) is 10.4 Å². The fourth-order valence-electron chi connectivity index (χ4n) is 1.59. The highest BCUT2D eigenvalue weighted by Gasteiger charge is 2.06. The smallest absolute Gasteiger partial charge is 0.159 e. The first-order valence-electron chi connectivity index (χ1n) is 5.39. The highest BCUT2D eigenvalue weighted by molar-refractivity contribution is 9.11. The van der Waals surface area contributed by atoms with Crippen LogP contribution in [0.15, 0.2) is 46.3 Å². The normalized spacial score (nSPS) is 10.7. The third kappa shape index (κ3) is 2.49. The Labute approximate surface area is 116 Å². The van der Waals surface area contributed by atoms with Gasteiger partial charge in [0.1, 0.15) is 0 Å². The summed E-state index contributed by atoms with van der Waals surface area (Å²) in [7, 11) is 0. The molecule has 0 spiro atoms. The average molecular weight is 321 g/mol. The molecule has 0 saturated carbocycles. The van der Waals surface area contributed by atoms with Gasteiger partial charge >= 0.3 is 0 Å². The molecule has 90 valence electrons. The van der Waals surface area contributed by atoms with E-state index in [0.29, 0.717) is 12.4 Å². The molecule has 0 N–H and O–H groups in total. The van der Waals surface area contributed by atoms with Gasteiger partial charge in [-0.1, -0.05) is 30.3 Å². The largest absolute Gasteiger partial charge is 0.204 e. The molecule has 3 aromatic rings. The quantitative estimate of drug-likeness (QED) is 0.744. The molecular weight excluding hydrogens is 312 g/mol. The second-order valence-corrected chi connectivity index (χ2v) is 6.26. The zero-order chi connectivity index (χ0) is 12.4. The first-order valence-corrected chi connectivity index (χ1v) is 7.00. The molecule has 6 heteroatoms. The lowest BCUT2D eigenvalue weighted by molar-refractivity contribution is 0.578. The summed E-state index contributed by atoms with van der Waals surface area (Å²) in [5, 5.41) is 12.5. The van der Waals surface area contributed by atoms with Crippen LogP contribution in [0.3, 0.4) is 0 Å². The predicted octanol–water partition coefficient (Wildman–Crippen LogP) is 3.21. The van der Waals surface area contributed by atoms with Crippen LogP contribution in [0, 0.1) is 0 Å². The molecule has 0 aliphatic rings. The van der Waals surface area contributed by atoms with Gasteiger partial charge in [-0.15, -0.1) is 21.5 Å². The molecule has 2 aromatic heterocycles. The van der Waals surface area contributed by atoms with Gasteiger partial charge in [-0.05, 0) is 33.3 Å². The number of halogens is 1. The van der Waals surface area contributed by atoms with E-state index in [1.165, 1.54) is 4.88 Å². The van der Waals surface area contributed by atoms with Crippen molar-refractivity contribution in [3.8, 4) is 11.4 Å². The van der Waals surface area contributed by atoms with E-state index in [4.69, 9.17) is 0 Å².